The van der Waals surface area contributed by atoms with Gasteiger partial charge in [-0.1, -0.05) is 6.92 Å². The predicted molar refractivity (Wildman–Crippen MR) is 73.2 cm³/mol. The molecule has 1 aromatic heterocycles. The Morgan fingerprint density at radius 3 is 3.00 bits per heavy atom. The zero-order chi connectivity index (χ0) is 12.3. The van der Waals surface area contributed by atoms with E-state index in [1.54, 1.807) is 18.0 Å². The first kappa shape index (κ1) is 12.2. The van der Waals surface area contributed by atoms with E-state index in [0.29, 0.717) is 5.25 Å². The summed E-state index contributed by atoms with van der Waals surface area (Å²) >= 11 is 1.70. The summed E-state index contributed by atoms with van der Waals surface area (Å²) in [6.45, 7) is 2.30. The van der Waals surface area contributed by atoms with E-state index in [1.165, 1.54) is 0 Å². The first-order chi connectivity index (χ1) is 8.22. The van der Waals surface area contributed by atoms with Crippen molar-refractivity contribution in [3.05, 3.63) is 30.5 Å². The maximum Gasteiger partial charge on any atom is 0.0723 e. The van der Waals surface area contributed by atoms with Crippen LogP contribution in [0.2, 0.25) is 0 Å². The summed E-state index contributed by atoms with van der Waals surface area (Å²) in [7, 11) is 0. The number of pyridine rings is 1. The van der Waals surface area contributed by atoms with Crippen molar-refractivity contribution in [1.29, 1.82) is 0 Å². The van der Waals surface area contributed by atoms with Gasteiger partial charge in [0.1, 0.15) is 0 Å². The van der Waals surface area contributed by atoms with Crippen LogP contribution in [0.25, 0.3) is 10.9 Å². The largest absolute Gasteiger partial charge is 0.397 e. The summed E-state index contributed by atoms with van der Waals surface area (Å²) in [4.78, 5) is 5.33. The van der Waals surface area contributed by atoms with Crippen LogP contribution in [0.15, 0.2) is 35.4 Å². The van der Waals surface area contributed by atoms with Crippen molar-refractivity contribution in [2.75, 3.05) is 12.3 Å². The number of fused-ring (bicyclic) bond motifs is 1. The average Bonchev–Trinajstić information content (AvgIpc) is 2.33. The maximum absolute atomic E-state index is 8.90. The predicted octanol–water partition coefficient (Wildman–Crippen LogP) is 2.68. The van der Waals surface area contributed by atoms with Gasteiger partial charge in [-0.15, -0.1) is 11.8 Å². The third kappa shape index (κ3) is 2.70. The molecule has 1 heterocycles. The van der Waals surface area contributed by atoms with Gasteiger partial charge in [-0.05, 0) is 30.7 Å². The zero-order valence-corrected chi connectivity index (χ0v) is 10.6. The van der Waals surface area contributed by atoms with Crippen LogP contribution in [0.1, 0.15) is 13.3 Å². The van der Waals surface area contributed by atoms with E-state index in [4.69, 9.17) is 10.8 Å². The number of aliphatic hydroxyl groups excluding tert-OH is 1. The number of nitrogens with zero attached hydrogens (tertiary/aromatic N) is 1. The molecule has 0 bridgehead atoms. The molecule has 0 saturated carbocycles. The molecule has 1 aromatic carbocycles. The lowest BCUT2D eigenvalue weighted by atomic mass is 10.2. The molecule has 2 rings (SSSR count). The van der Waals surface area contributed by atoms with E-state index in [0.717, 1.165) is 27.9 Å². The quantitative estimate of drug-likeness (QED) is 0.645. The summed E-state index contributed by atoms with van der Waals surface area (Å²) in [5, 5.41) is 10.3. The topological polar surface area (TPSA) is 59.1 Å². The zero-order valence-electron chi connectivity index (χ0n) is 9.76. The van der Waals surface area contributed by atoms with E-state index in [1.807, 2.05) is 24.3 Å². The van der Waals surface area contributed by atoms with Gasteiger partial charge in [0.2, 0.25) is 0 Å². The second-order valence-corrected chi connectivity index (χ2v) is 5.47. The molecule has 0 aliphatic carbocycles. The monoisotopic (exact) mass is 248 g/mol. The van der Waals surface area contributed by atoms with Gasteiger partial charge < -0.3 is 10.8 Å². The molecule has 0 aliphatic rings. The smallest absolute Gasteiger partial charge is 0.0723 e. The highest BCUT2D eigenvalue weighted by atomic mass is 32.2. The van der Waals surface area contributed by atoms with Crippen molar-refractivity contribution in [1.82, 2.24) is 4.98 Å². The number of hydrogen-bond donors (Lipinski definition) is 2. The third-order valence-corrected chi connectivity index (χ3v) is 3.90. The third-order valence-electron chi connectivity index (χ3n) is 2.65. The van der Waals surface area contributed by atoms with Gasteiger partial charge >= 0.3 is 0 Å². The van der Waals surface area contributed by atoms with Gasteiger partial charge in [-0.3, -0.25) is 4.98 Å². The van der Waals surface area contributed by atoms with Crippen molar-refractivity contribution < 1.29 is 5.11 Å². The Morgan fingerprint density at radius 2 is 2.24 bits per heavy atom. The summed E-state index contributed by atoms with van der Waals surface area (Å²) in [5.41, 5.74) is 7.84. The van der Waals surface area contributed by atoms with Crippen LogP contribution in [0.5, 0.6) is 0 Å². The van der Waals surface area contributed by atoms with E-state index < -0.39 is 0 Å². The Balaban J connectivity index is 2.32. The van der Waals surface area contributed by atoms with Gasteiger partial charge in [0.15, 0.2) is 0 Å². The number of nitrogen functional groups attached to an aromatic ring is 1. The molecule has 3 nitrogen and oxygen atoms in total. The highest BCUT2D eigenvalue weighted by Crippen LogP contribution is 2.34. The lowest BCUT2D eigenvalue weighted by Crippen LogP contribution is -2.01. The molecule has 4 heteroatoms. The normalized spacial score (nSPS) is 12.8. The number of aliphatic hydroxyl groups is 1. The number of nitrogens with two attached hydrogens (primary N) is 1. The average molecular weight is 248 g/mol. The van der Waals surface area contributed by atoms with Crippen molar-refractivity contribution >= 4 is 28.4 Å². The Hall–Kier alpha value is -1.26. The number of thioether (sulfide) groups is 1. The molecule has 0 aliphatic heterocycles. The second kappa shape index (κ2) is 5.38. The molecular formula is C13H16N2OS. The highest BCUT2D eigenvalue weighted by Gasteiger charge is 2.09. The van der Waals surface area contributed by atoms with Crippen LogP contribution in [-0.4, -0.2) is 21.9 Å². The molecule has 90 valence electrons. The van der Waals surface area contributed by atoms with Crippen LogP contribution < -0.4 is 5.73 Å². The molecule has 0 amide bonds. The summed E-state index contributed by atoms with van der Waals surface area (Å²) in [5.74, 6) is 0. The maximum atomic E-state index is 8.90. The van der Waals surface area contributed by atoms with Crippen molar-refractivity contribution in [3.8, 4) is 0 Å². The van der Waals surface area contributed by atoms with Crippen LogP contribution in [-0.2, 0) is 0 Å². The molecule has 1 atom stereocenters. The van der Waals surface area contributed by atoms with E-state index in [-0.39, 0.29) is 6.61 Å². The molecule has 2 aromatic rings. The SMILES string of the molecule is CC(CCO)Sc1ccc2ncccc2c1N. The first-order valence-electron chi connectivity index (χ1n) is 5.63. The van der Waals surface area contributed by atoms with Crippen LogP contribution >= 0.6 is 11.8 Å². The summed E-state index contributed by atoms with van der Waals surface area (Å²) < 4.78 is 0. The number of benzene rings is 1. The lowest BCUT2D eigenvalue weighted by Gasteiger charge is -2.12. The molecule has 0 radical (unpaired) electrons. The fourth-order valence-corrected chi connectivity index (χ4v) is 2.76. The molecular weight excluding hydrogens is 232 g/mol. The Morgan fingerprint density at radius 1 is 1.41 bits per heavy atom. The van der Waals surface area contributed by atoms with E-state index in [2.05, 4.69) is 11.9 Å². The second-order valence-electron chi connectivity index (χ2n) is 3.99. The standard InChI is InChI=1S/C13H16N2OS/c1-9(6-8-16)17-12-5-4-11-10(13(12)14)3-2-7-15-11/h2-5,7,9,16H,6,8,14H2,1H3. The number of anilines is 1. The van der Waals surface area contributed by atoms with Gasteiger partial charge in [0.25, 0.3) is 0 Å². The Bertz CT molecular complexity index is 516. The van der Waals surface area contributed by atoms with Crippen molar-refractivity contribution in [2.24, 2.45) is 0 Å². The van der Waals surface area contributed by atoms with Crippen LogP contribution in [0, 0.1) is 0 Å². The van der Waals surface area contributed by atoms with Gasteiger partial charge in [0, 0.05) is 28.3 Å². The minimum absolute atomic E-state index is 0.212. The van der Waals surface area contributed by atoms with Gasteiger partial charge in [-0.25, -0.2) is 0 Å². The molecule has 0 spiro atoms. The number of rotatable bonds is 4. The van der Waals surface area contributed by atoms with Gasteiger partial charge in [0.05, 0.1) is 11.2 Å². The van der Waals surface area contributed by atoms with Gasteiger partial charge in [-0.2, -0.15) is 0 Å². The van der Waals surface area contributed by atoms with Crippen LogP contribution in [0.4, 0.5) is 5.69 Å². The summed E-state index contributed by atoms with van der Waals surface area (Å²) in [6, 6.07) is 7.87. The molecule has 0 fully saturated rings. The molecule has 17 heavy (non-hydrogen) atoms. The minimum Gasteiger partial charge on any atom is -0.397 e. The minimum atomic E-state index is 0.212. The van der Waals surface area contributed by atoms with Crippen molar-refractivity contribution in [3.63, 3.8) is 0 Å². The fraction of sp³-hybridized carbons (Fsp3) is 0.308. The first-order valence-corrected chi connectivity index (χ1v) is 6.51. The fourth-order valence-electron chi connectivity index (χ4n) is 1.72. The molecule has 0 saturated heterocycles. The van der Waals surface area contributed by atoms with Crippen LogP contribution in [0.3, 0.4) is 0 Å². The van der Waals surface area contributed by atoms with E-state index >= 15 is 0 Å². The molecule has 3 N–H and O–H groups in total. The lowest BCUT2D eigenvalue weighted by molar-refractivity contribution is 0.289. The highest BCUT2D eigenvalue weighted by molar-refractivity contribution is 8.00. The van der Waals surface area contributed by atoms with Crippen molar-refractivity contribution in [2.45, 2.75) is 23.5 Å². The number of aromatic nitrogens is 1. The summed E-state index contributed by atoms with van der Waals surface area (Å²) in [6.07, 6.45) is 2.54. The Kier molecular flexibility index (Phi) is 3.86. The molecule has 1 unspecified atom stereocenters. The van der Waals surface area contributed by atoms with E-state index in [9.17, 15) is 0 Å². The number of hydrogen-bond acceptors (Lipinski definition) is 4. The Labute approximate surface area is 105 Å².